The molecule has 0 aliphatic carbocycles. The summed E-state index contributed by atoms with van der Waals surface area (Å²) in [4.78, 5) is 20.7. The van der Waals surface area contributed by atoms with Gasteiger partial charge in [0.1, 0.15) is 17.3 Å². The van der Waals surface area contributed by atoms with E-state index in [4.69, 9.17) is 0 Å². The van der Waals surface area contributed by atoms with E-state index in [1.165, 1.54) is 0 Å². The van der Waals surface area contributed by atoms with Crippen molar-refractivity contribution in [2.24, 2.45) is 0 Å². The summed E-state index contributed by atoms with van der Waals surface area (Å²) in [5.74, 6) is 0.968. The largest absolute Gasteiger partial charge is 0.370 e. The summed E-state index contributed by atoms with van der Waals surface area (Å²) in [6.07, 6.45) is 2.65. The van der Waals surface area contributed by atoms with E-state index in [2.05, 4.69) is 43.5 Å². The number of carbonyl (C=O) groups excluding carboxylic acids is 1. The Bertz CT molecular complexity index is 645. The van der Waals surface area contributed by atoms with Gasteiger partial charge in [0, 0.05) is 17.2 Å². The average molecular weight is 349 g/mol. The fourth-order valence-electron chi connectivity index (χ4n) is 1.76. The number of rotatable bonds is 5. The van der Waals surface area contributed by atoms with Crippen molar-refractivity contribution < 1.29 is 4.79 Å². The second-order valence-corrected chi connectivity index (χ2v) is 5.52. The summed E-state index contributed by atoms with van der Waals surface area (Å²) >= 11 is 3.35. The Balaban J connectivity index is 2.12. The molecule has 0 saturated heterocycles. The van der Waals surface area contributed by atoms with Crippen LogP contribution in [0.1, 0.15) is 29.4 Å². The Labute approximate surface area is 132 Å². The average Bonchev–Trinajstić information content (AvgIpc) is 2.48. The zero-order valence-corrected chi connectivity index (χ0v) is 13.6. The lowest BCUT2D eigenvalue weighted by Gasteiger charge is -2.09. The smallest absolute Gasteiger partial charge is 0.275 e. The van der Waals surface area contributed by atoms with Crippen molar-refractivity contribution >= 4 is 33.5 Å². The molecule has 110 valence electrons. The van der Waals surface area contributed by atoms with Crippen LogP contribution < -0.4 is 10.6 Å². The molecule has 2 heterocycles. The second-order valence-electron chi connectivity index (χ2n) is 4.61. The van der Waals surface area contributed by atoms with Crippen molar-refractivity contribution in [1.29, 1.82) is 0 Å². The number of nitrogens with one attached hydrogen (secondary N) is 2. The first-order valence-electron chi connectivity index (χ1n) is 6.74. The van der Waals surface area contributed by atoms with Crippen LogP contribution in [0.5, 0.6) is 0 Å². The predicted octanol–water partition coefficient (Wildman–Crippen LogP) is 3.62. The zero-order chi connectivity index (χ0) is 15.2. The molecular formula is C15H17BrN4O. The van der Waals surface area contributed by atoms with Crippen molar-refractivity contribution in [3.05, 3.63) is 46.2 Å². The number of carbonyl (C=O) groups is 1. The van der Waals surface area contributed by atoms with Crippen molar-refractivity contribution in [3.8, 4) is 0 Å². The highest BCUT2D eigenvalue weighted by Gasteiger charge is 2.10. The Morgan fingerprint density at radius 1 is 1.38 bits per heavy atom. The molecule has 2 rings (SSSR count). The molecule has 0 radical (unpaired) electrons. The highest BCUT2D eigenvalue weighted by molar-refractivity contribution is 9.10. The van der Waals surface area contributed by atoms with E-state index in [1.807, 2.05) is 25.1 Å². The third-order valence-electron chi connectivity index (χ3n) is 2.81. The van der Waals surface area contributed by atoms with Gasteiger partial charge in [-0.3, -0.25) is 4.79 Å². The molecule has 2 aromatic heterocycles. The first-order chi connectivity index (χ1) is 10.1. The number of hydrogen-bond acceptors (Lipinski definition) is 4. The monoisotopic (exact) mass is 348 g/mol. The quantitative estimate of drug-likeness (QED) is 0.865. The first-order valence-corrected chi connectivity index (χ1v) is 7.54. The Morgan fingerprint density at radius 3 is 2.90 bits per heavy atom. The maximum Gasteiger partial charge on any atom is 0.275 e. The Hall–Kier alpha value is -1.95. The van der Waals surface area contributed by atoms with E-state index in [-0.39, 0.29) is 5.91 Å². The lowest BCUT2D eigenvalue weighted by molar-refractivity contribution is 0.102. The van der Waals surface area contributed by atoms with Crippen LogP contribution in [-0.2, 0) is 0 Å². The van der Waals surface area contributed by atoms with Gasteiger partial charge >= 0.3 is 0 Å². The fraction of sp³-hybridized carbons (Fsp3) is 0.267. The lowest BCUT2D eigenvalue weighted by Crippen LogP contribution is -2.16. The lowest BCUT2D eigenvalue weighted by atomic mass is 10.2. The number of halogens is 1. The molecule has 2 aromatic rings. The highest BCUT2D eigenvalue weighted by Crippen LogP contribution is 2.17. The van der Waals surface area contributed by atoms with Crippen LogP contribution in [-0.4, -0.2) is 22.4 Å². The molecule has 0 atom stereocenters. The molecular weight excluding hydrogens is 332 g/mol. The van der Waals surface area contributed by atoms with Gasteiger partial charge in [0.25, 0.3) is 5.91 Å². The van der Waals surface area contributed by atoms with E-state index >= 15 is 0 Å². The highest BCUT2D eigenvalue weighted by atomic mass is 79.9. The van der Waals surface area contributed by atoms with Crippen molar-refractivity contribution in [3.63, 3.8) is 0 Å². The SMILES string of the molecule is CCCNc1cccc(C(=O)Nc2ncc(Br)cc2C)n1. The van der Waals surface area contributed by atoms with Gasteiger partial charge in [-0.2, -0.15) is 0 Å². The van der Waals surface area contributed by atoms with E-state index < -0.39 is 0 Å². The molecule has 0 unspecified atom stereocenters. The molecule has 0 aliphatic heterocycles. The summed E-state index contributed by atoms with van der Waals surface area (Å²) in [7, 11) is 0. The van der Waals surface area contributed by atoms with Crippen molar-refractivity contribution in [2.75, 3.05) is 17.2 Å². The van der Waals surface area contributed by atoms with Gasteiger partial charge in [0.15, 0.2) is 0 Å². The molecule has 21 heavy (non-hydrogen) atoms. The number of anilines is 2. The Kier molecular flexibility index (Phi) is 5.27. The molecule has 5 nitrogen and oxygen atoms in total. The molecule has 0 aromatic carbocycles. The fourth-order valence-corrected chi connectivity index (χ4v) is 2.20. The minimum Gasteiger partial charge on any atom is -0.370 e. The van der Waals surface area contributed by atoms with E-state index in [9.17, 15) is 4.79 Å². The number of amides is 1. The standard InChI is InChI=1S/C15H17BrN4O/c1-3-7-17-13-6-4-5-12(19-13)15(21)20-14-10(2)8-11(16)9-18-14/h4-6,8-9H,3,7H2,1-2H3,(H,17,19)(H,18,20,21). The van der Waals surface area contributed by atoms with Gasteiger partial charge in [0.05, 0.1) is 0 Å². The number of pyridine rings is 2. The van der Waals surface area contributed by atoms with E-state index in [0.717, 1.165) is 23.0 Å². The van der Waals surface area contributed by atoms with Crippen LogP contribution in [0.2, 0.25) is 0 Å². The van der Waals surface area contributed by atoms with Crippen LogP contribution in [0.25, 0.3) is 0 Å². The summed E-state index contributed by atoms with van der Waals surface area (Å²) < 4.78 is 0.877. The van der Waals surface area contributed by atoms with E-state index in [1.54, 1.807) is 12.3 Å². The number of aromatic nitrogens is 2. The molecule has 2 N–H and O–H groups in total. The van der Waals surface area contributed by atoms with E-state index in [0.29, 0.717) is 17.3 Å². The maximum atomic E-state index is 12.2. The van der Waals surface area contributed by atoms with Crippen molar-refractivity contribution in [1.82, 2.24) is 9.97 Å². The molecule has 0 saturated carbocycles. The molecule has 0 spiro atoms. The van der Waals surface area contributed by atoms with Gasteiger partial charge in [-0.05, 0) is 53.0 Å². The van der Waals surface area contributed by atoms with Crippen LogP contribution >= 0.6 is 15.9 Å². The van der Waals surface area contributed by atoms with Gasteiger partial charge in [0.2, 0.25) is 0 Å². The summed E-state index contributed by atoms with van der Waals surface area (Å²) in [5, 5.41) is 5.94. The van der Waals surface area contributed by atoms with Gasteiger partial charge in [-0.25, -0.2) is 9.97 Å². The molecule has 0 fully saturated rings. The summed E-state index contributed by atoms with van der Waals surface area (Å²) in [6.45, 7) is 4.79. The Morgan fingerprint density at radius 2 is 2.19 bits per heavy atom. The van der Waals surface area contributed by atoms with Crippen LogP contribution in [0.4, 0.5) is 11.6 Å². The van der Waals surface area contributed by atoms with Crippen LogP contribution in [0.3, 0.4) is 0 Å². The second kappa shape index (κ2) is 7.17. The zero-order valence-electron chi connectivity index (χ0n) is 12.0. The number of aryl methyl sites for hydroxylation is 1. The van der Waals surface area contributed by atoms with Crippen LogP contribution in [0.15, 0.2) is 34.9 Å². The van der Waals surface area contributed by atoms with Gasteiger partial charge in [-0.15, -0.1) is 0 Å². The molecule has 6 heteroatoms. The minimum atomic E-state index is -0.270. The molecule has 0 aliphatic rings. The minimum absolute atomic E-state index is 0.270. The topological polar surface area (TPSA) is 66.9 Å². The third kappa shape index (κ3) is 4.26. The van der Waals surface area contributed by atoms with Crippen LogP contribution in [0, 0.1) is 6.92 Å². The van der Waals surface area contributed by atoms with Gasteiger partial charge in [-0.1, -0.05) is 13.0 Å². The molecule has 0 bridgehead atoms. The molecule has 1 amide bonds. The maximum absolute atomic E-state index is 12.2. The summed E-state index contributed by atoms with van der Waals surface area (Å²) in [5.41, 5.74) is 1.25. The first kappa shape index (κ1) is 15.4. The predicted molar refractivity (Wildman–Crippen MR) is 87.6 cm³/mol. The third-order valence-corrected chi connectivity index (χ3v) is 3.25. The number of nitrogens with zero attached hydrogens (tertiary/aromatic N) is 2. The number of hydrogen-bond donors (Lipinski definition) is 2. The summed E-state index contributed by atoms with van der Waals surface area (Å²) in [6, 6.07) is 7.23. The van der Waals surface area contributed by atoms with Gasteiger partial charge < -0.3 is 10.6 Å². The normalized spacial score (nSPS) is 10.2. The van der Waals surface area contributed by atoms with Crippen molar-refractivity contribution in [2.45, 2.75) is 20.3 Å².